The second kappa shape index (κ2) is 7.04. The van der Waals surface area contributed by atoms with Crippen molar-refractivity contribution in [2.75, 3.05) is 14.2 Å². The first-order chi connectivity index (χ1) is 10.2. The van der Waals surface area contributed by atoms with Gasteiger partial charge in [0.25, 0.3) is 0 Å². The Bertz CT molecular complexity index is 590. The third-order valence-corrected chi connectivity index (χ3v) is 3.16. The van der Waals surface area contributed by atoms with Crippen LogP contribution in [0.1, 0.15) is 17.2 Å². The van der Waals surface area contributed by atoms with Gasteiger partial charge >= 0.3 is 6.61 Å². The lowest BCUT2D eigenvalue weighted by Gasteiger charge is -2.20. The molecule has 1 N–H and O–H groups in total. The van der Waals surface area contributed by atoms with Gasteiger partial charge in [0.1, 0.15) is 11.5 Å². The number of para-hydroxylation sites is 1. The highest BCUT2D eigenvalue weighted by molar-refractivity contribution is 5.43. The minimum Gasteiger partial charge on any atom is -0.497 e. The number of benzene rings is 2. The SMILES string of the molecule is CNC(c1cccc(OC)c1)c1ccccc1OC(F)F. The molecule has 0 saturated carbocycles. The molecule has 21 heavy (non-hydrogen) atoms. The summed E-state index contributed by atoms with van der Waals surface area (Å²) < 4.78 is 34.9. The zero-order valence-corrected chi connectivity index (χ0v) is 11.8. The van der Waals surface area contributed by atoms with Gasteiger partial charge in [-0.2, -0.15) is 8.78 Å². The second-order valence-corrected chi connectivity index (χ2v) is 4.41. The maximum atomic E-state index is 12.5. The zero-order chi connectivity index (χ0) is 15.2. The molecule has 0 fully saturated rings. The van der Waals surface area contributed by atoms with Crippen LogP contribution in [0.4, 0.5) is 8.78 Å². The molecule has 5 heteroatoms. The van der Waals surface area contributed by atoms with Gasteiger partial charge in [0, 0.05) is 5.56 Å². The van der Waals surface area contributed by atoms with Crippen LogP contribution in [0.2, 0.25) is 0 Å². The molecule has 0 aliphatic heterocycles. The van der Waals surface area contributed by atoms with Crippen LogP contribution in [0.3, 0.4) is 0 Å². The van der Waals surface area contributed by atoms with Gasteiger partial charge in [0.2, 0.25) is 0 Å². The molecule has 112 valence electrons. The Morgan fingerprint density at radius 1 is 1.05 bits per heavy atom. The summed E-state index contributed by atoms with van der Waals surface area (Å²) in [6.07, 6.45) is 0. The minimum absolute atomic E-state index is 0.162. The number of hydrogen-bond donors (Lipinski definition) is 1. The van der Waals surface area contributed by atoms with Crippen molar-refractivity contribution in [1.29, 1.82) is 0 Å². The summed E-state index contributed by atoms with van der Waals surface area (Å²) in [6.45, 7) is -2.85. The molecule has 3 nitrogen and oxygen atoms in total. The highest BCUT2D eigenvalue weighted by Gasteiger charge is 2.18. The van der Waals surface area contributed by atoms with E-state index in [1.807, 2.05) is 24.3 Å². The average molecular weight is 293 g/mol. The summed E-state index contributed by atoms with van der Waals surface area (Å²) in [5, 5.41) is 3.12. The van der Waals surface area contributed by atoms with Crippen LogP contribution in [0.15, 0.2) is 48.5 Å². The van der Waals surface area contributed by atoms with Crippen LogP contribution in [0.5, 0.6) is 11.5 Å². The molecule has 0 amide bonds. The number of rotatable bonds is 6. The molecule has 0 bridgehead atoms. The summed E-state index contributed by atoms with van der Waals surface area (Å²) in [7, 11) is 3.35. The third kappa shape index (κ3) is 3.70. The average Bonchev–Trinajstić information content (AvgIpc) is 2.49. The van der Waals surface area contributed by atoms with E-state index in [1.54, 1.807) is 32.4 Å². The van der Waals surface area contributed by atoms with Gasteiger partial charge < -0.3 is 14.8 Å². The highest BCUT2D eigenvalue weighted by atomic mass is 19.3. The fourth-order valence-electron chi connectivity index (χ4n) is 2.25. The largest absolute Gasteiger partial charge is 0.497 e. The Balaban J connectivity index is 2.41. The van der Waals surface area contributed by atoms with Crippen LogP contribution < -0.4 is 14.8 Å². The van der Waals surface area contributed by atoms with Crippen LogP contribution in [0, 0.1) is 0 Å². The maximum Gasteiger partial charge on any atom is 0.387 e. The summed E-state index contributed by atoms with van der Waals surface area (Å²) >= 11 is 0. The molecule has 0 aliphatic rings. The first-order valence-corrected chi connectivity index (χ1v) is 6.50. The van der Waals surface area contributed by atoms with E-state index in [0.29, 0.717) is 11.3 Å². The molecular formula is C16H17F2NO2. The summed E-state index contributed by atoms with van der Waals surface area (Å²) in [6, 6.07) is 13.9. The lowest BCUT2D eigenvalue weighted by atomic mass is 9.98. The zero-order valence-electron chi connectivity index (χ0n) is 11.8. The number of nitrogens with one attached hydrogen (secondary N) is 1. The number of halogens is 2. The standard InChI is InChI=1S/C16H17F2NO2/c1-19-15(11-6-5-7-12(10-11)20-2)13-8-3-4-9-14(13)21-16(17)18/h3-10,15-16,19H,1-2H3. The van der Waals surface area contributed by atoms with E-state index in [4.69, 9.17) is 4.74 Å². The van der Waals surface area contributed by atoms with Crippen molar-refractivity contribution < 1.29 is 18.3 Å². The van der Waals surface area contributed by atoms with Gasteiger partial charge in [-0.25, -0.2) is 0 Å². The first kappa shape index (κ1) is 15.3. The Kier molecular flexibility index (Phi) is 5.11. The topological polar surface area (TPSA) is 30.5 Å². The van der Waals surface area contributed by atoms with Gasteiger partial charge in [-0.15, -0.1) is 0 Å². The monoisotopic (exact) mass is 293 g/mol. The van der Waals surface area contributed by atoms with Crippen molar-refractivity contribution >= 4 is 0 Å². The molecule has 1 atom stereocenters. The molecule has 2 aromatic rings. The molecule has 1 unspecified atom stereocenters. The maximum absolute atomic E-state index is 12.5. The lowest BCUT2D eigenvalue weighted by Crippen LogP contribution is -2.19. The number of hydrogen-bond acceptors (Lipinski definition) is 3. The highest BCUT2D eigenvalue weighted by Crippen LogP contribution is 2.32. The van der Waals surface area contributed by atoms with Crippen molar-refractivity contribution in [3.63, 3.8) is 0 Å². The molecule has 2 rings (SSSR count). The smallest absolute Gasteiger partial charge is 0.387 e. The van der Waals surface area contributed by atoms with Gasteiger partial charge in [-0.3, -0.25) is 0 Å². The second-order valence-electron chi connectivity index (χ2n) is 4.41. The Morgan fingerprint density at radius 2 is 1.81 bits per heavy atom. The van der Waals surface area contributed by atoms with Crippen LogP contribution in [0.25, 0.3) is 0 Å². The van der Waals surface area contributed by atoms with Crippen LogP contribution in [-0.2, 0) is 0 Å². The quantitative estimate of drug-likeness (QED) is 0.882. The van der Waals surface area contributed by atoms with E-state index < -0.39 is 6.61 Å². The van der Waals surface area contributed by atoms with Crippen molar-refractivity contribution in [2.45, 2.75) is 12.7 Å². The van der Waals surface area contributed by atoms with Crippen molar-refractivity contribution in [1.82, 2.24) is 5.32 Å². The Hall–Kier alpha value is -2.14. The van der Waals surface area contributed by atoms with E-state index in [0.717, 1.165) is 5.56 Å². The predicted molar refractivity (Wildman–Crippen MR) is 77.0 cm³/mol. The van der Waals surface area contributed by atoms with Crippen LogP contribution in [-0.4, -0.2) is 20.8 Å². The summed E-state index contributed by atoms with van der Waals surface area (Å²) in [5.41, 5.74) is 1.55. The third-order valence-electron chi connectivity index (χ3n) is 3.16. The molecule has 0 saturated heterocycles. The Labute approximate surface area is 122 Å². The lowest BCUT2D eigenvalue weighted by molar-refractivity contribution is -0.0506. The van der Waals surface area contributed by atoms with Crippen molar-refractivity contribution in [3.05, 3.63) is 59.7 Å². The Morgan fingerprint density at radius 3 is 2.48 bits per heavy atom. The first-order valence-electron chi connectivity index (χ1n) is 6.50. The van der Waals surface area contributed by atoms with Gasteiger partial charge in [-0.1, -0.05) is 30.3 Å². The normalized spacial score (nSPS) is 12.2. The number of ether oxygens (including phenoxy) is 2. The molecule has 0 spiro atoms. The fourth-order valence-corrected chi connectivity index (χ4v) is 2.25. The molecule has 0 radical (unpaired) electrons. The number of methoxy groups -OCH3 is 1. The van der Waals surface area contributed by atoms with Crippen LogP contribution >= 0.6 is 0 Å². The molecule has 0 aliphatic carbocycles. The number of alkyl halides is 2. The molecule has 2 aromatic carbocycles. The fraction of sp³-hybridized carbons (Fsp3) is 0.250. The minimum atomic E-state index is -2.85. The van der Waals surface area contributed by atoms with E-state index in [9.17, 15) is 8.78 Å². The van der Waals surface area contributed by atoms with E-state index in [1.165, 1.54) is 6.07 Å². The van der Waals surface area contributed by atoms with E-state index >= 15 is 0 Å². The van der Waals surface area contributed by atoms with E-state index in [-0.39, 0.29) is 11.8 Å². The molecule has 0 heterocycles. The van der Waals surface area contributed by atoms with E-state index in [2.05, 4.69) is 10.1 Å². The summed E-state index contributed by atoms with van der Waals surface area (Å²) in [5.74, 6) is 0.870. The predicted octanol–water partition coefficient (Wildman–Crippen LogP) is 3.61. The molecule has 0 aromatic heterocycles. The molecular weight excluding hydrogens is 276 g/mol. The van der Waals surface area contributed by atoms with Gasteiger partial charge in [-0.05, 0) is 30.8 Å². The van der Waals surface area contributed by atoms with Crippen molar-refractivity contribution in [3.8, 4) is 11.5 Å². The van der Waals surface area contributed by atoms with Crippen molar-refractivity contribution in [2.24, 2.45) is 0 Å². The van der Waals surface area contributed by atoms with Gasteiger partial charge in [0.15, 0.2) is 0 Å². The van der Waals surface area contributed by atoms with Gasteiger partial charge in [0.05, 0.1) is 13.2 Å². The summed E-state index contributed by atoms with van der Waals surface area (Å²) in [4.78, 5) is 0.